The maximum absolute atomic E-state index is 12.5. The Balaban J connectivity index is 2.24. The zero-order chi connectivity index (χ0) is 18.2. The van der Waals surface area contributed by atoms with Crippen molar-refractivity contribution in [3.05, 3.63) is 32.6 Å². The lowest BCUT2D eigenvalue weighted by molar-refractivity contribution is -0.117. The van der Waals surface area contributed by atoms with Crippen LogP contribution in [-0.4, -0.2) is 19.9 Å². The number of hydrogen-bond acceptors (Lipinski definition) is 3. The highest BCUT2D eigenvalue weighted by Gasteiger charge is 2.13. The summed E-state index contributed by atoms with van der Waals surface area (Å²) in [6.07, 6.45) is 0.576. The molecule has 0 aromatic carbocycles. The van der Waals surface area contributed by atoms with Crippen molar-refractivity contribution in [3.63, 3.8) is 0 Å². The van der Waals surface area contributed by atoms with Crippen molar-refractivity contribution in [1.29, 1.82) is 0 Å². The Bertz CT molecular complexity index is 905. The topological polar surface area (TPSA) is 76.9 Å². The van der Waals surface area contributed by atoms with E-state index >= 15 is 0 Å². The minimum atomic E-state index is -2.61. The summed E-state index contributed by atoms with van der Waals surface area (Å²) < 4.78 is 31.1. The summed E-state index contributed by atoms with van der Waals surface area (Å²) in [5.74, 6) is -0.821. The molecule has 2 heterocycles. The molecule has 0 spiro atoms. The van der Waals surface area contributed by atoms with Gasteiger partial charge in [-0.05, 0) is 32.2 Å². The van der Waals surface area contributed by atoms with E-state index in [1.54, 1.807) is 6.92 Å². The van der Waals surface area contributed by atoms with Crippen LogP contribution in [0.1, 0.15) is 37.2 Å². The number of rotatable bonds is 5. The van der Waals surface area contributed by atoms with Crippen LogP contribution in [0, 0.1) is 6.92 Å². The molecule has 0 saturated carbocycles. The monoisotopic (exact) mass is 281 g/mol. The number of H-pyrrole nitrogens is 1. The molecule has 0 aliphatic heterocycles. The zero-order valence-corrected chi connectivity index (χ0v) is 11.4. The molecule has 2 aromatic heterocycles. The molecule has 0 saturated heterocycles. The average Bonchev–Trinajstić information content (AvgIpc) is 2.79. The van der Waals surface area contributed by atoms with E-state index in [2.05, 4.69) is 4.98 Å². The van der Waals surface area contributed by atoms with E-state index < -0.39 is 23.9 Å². The third kappa shape index (κ3) is 2.45. The highest BCUT2D eigenvalue weighted by Crippen LogP contribution is 2.10. The summed E-state index contributed by atoms with van der Waals surface area (Å²) in [7, 11) is 1.51. The van der Waals surface area contributed by atoms with Gasteiger partial charge in [0.1, 0.15) is 11.4 Å². The lowest BCUT2D eigenvalue weighted by atomic mass is 10.2. The first kappa shape index (κ1) is 9.74. The maximum atomic E-state index is 12.5. The van der Waals surface area contributed by atoms with E-state index in [1.165, 1.54) is 11.6 Å². The van der Waals surface area contributed by atoms with Crippen molar-refractivity contribution >= 4 is 16.8 Å². The van der Waals surface area contributed by atoms with Crippen LogP contribution >= 0.6 is 0 Å². The SMILES string of the molecule is [2H]c1[nH]c2c(c1C)c(=O)n(CCCCC(=O)C([2H])([2H])[2H])c(=O)n2C. The van der Waals surface area contributed by atoms with Gasteiger partial charge in [-0.2, -0.15) is 0 Å². The van der Waals surface area contributed by atoms with Crippen LogP contribution in [0.5, 0.6) is 0 Å². The fraction of sp³-hybridized carbons (Fsp3) is 0.500. The molecule has 0 atom stereocenters. The lowest BCUT2D eigenvalue weighted by Gasteiger charge is -2.08. The lowest BCUT2D eigenvalue weighted by Crippen LogP contribution is -2.39. The fourth-order valence-corrected chi connectivity index (χ4v) is 2.22. The molecule has 2 rings (SSSR count). The normalized spacial score (nSPS) is 14.7. The molecule has 6 heteroatoms. The van der Waals surface area contributed by atoms with Gasteiger partial charge < -0.3 is 9.78 Å². The third-order valence-corrected chi connectivity index (χ3v) is 3.33. The van der Waals surface area contributed by atoms with E-state index in [0.29, 0.717) is 23.0 Å². The van der Waals surface area contributed by atoms with Crippen molar-refractivity contribution in [1.82, 2.24) is 14.1 Å². The van der Waals surface area contributed by atoms with Crippen LogP contribution in [0.25, 0.3) is 11.0 Å². The van der Waals surface area contributed by atoms with E-state index in [0.717, 1.165) is 4.57 Å². The second kappa shape index (κ2) is 5.48. The minimum Gasteiger partial charge on any atom is -0.347 e. The van der Waals surface area contributed by atoms with Crippen LogP contribution in [0.4, 0.5) is 0 Å². The van der Waals surface area contributed by atoms with Gasteiger partial charge in [-0.25, -0.2) is 4.79 Å². The van der Waals surface area contributed by atoms with E-state index in [4.69, 9.17) is 5.48 Å². The van der Waals surface area contributed by atoms with Gasteiger partial charge in [-0.3, -0.25) is 13.9 Å². The summed E-state index contributed by atoms with van der Waals surface area (Å²) in [5.41, 5.74) is -0.225. The quantitative estimate of drug-likeness (QED) is 0.834. The molecule has 0 unspecified atom stereocenters. The molecule has 0 amide bonds. The van der Waals surface area contributed by atoms with E-state index in [1.807, 2.05) is 0 Å². The number of aromatic nitrogens is 3. The van der Waals surface area contributed by atoms with Crippen LogP contribution in [0.15, 0.2) is 15.8 Å². The standard InChI is InChI=1S/C14H19N3O3/c1-9-8-15-12-11(9)13(19)17(14(20)16(12)3)7-5-4-6-10(2)18/h8,15H,4-7H2,1-3H3/i2D3,8D. The molecule has 6 nitrogen and oxygen atoms in total. The highest BCUT2D eigenvalue weighted by molar-refractivity contribution is 5.78. The number of aryl methyl sites for hydroxylation is 2. The van der Waals surface area contributed by atoms with Crippen molar-refractivity contribution in [2.45, 2.75) is 39.6 Å². The largest absolute Gasteiger partial charge is 0.347 e. The molecule has 0 fully saturated rings. The van der Waals surface area contributed by atoms with Crippen molar-refractivity contribution in [2.75, 3.05) is 0 Å². The van der Waals surface area contributed by atoms with Gasteiger partial charge in [0.25, 0.3) is 5.56 Å². The Morgan fingerprint density at radius 3 is 2.90 bits per heavy atom. The second-order valence-electron chi connectivity index (χ2n) is 4.78. The zero-order valence-electron chi connectivity index (χ0n) is 15.4. The minimum absolute atomic E-state index is 0.0816. The number of nitrogens with zero attached hydrogens (tertiary/aromatic N) is 2. The van der Waals surface area contributed by atoms with Gasteiger partial charge in [-0.15, -0.1) is 0 Å². The van der Waals surface area contributed by atoms with Crippen LogP contribution < -0.4 is 11.2 Å². The smallest absolute Gasteiger partial charge is 0.332 e. The summed E-state index contributed by atoms with van der Waals surface area (Å²) in [4.78, 5) is 38.9. The summed E-state index contributed by atoms with van der Waals surface area (Å²) in [5, 5.41) is 0.292. The van der Waals surface area contributed by atoms with Gasteiger partial charge in [-0.1, -0.05) is 0 Å². The van der Waals surface area contributed by atoms with Gasteiger partial charge >= 0.3 is 5.69 Å². The van der Waals surface area contributed by atoms with Gasteiger partial charge in [0.15, 0.2) is 0 Å². The number of fused-ring (bicyclic) bond motifs is 1. The summed E-state index contributed by atoms with van der Waals surface area (Å²) in [6, 6.07) is 0. The molecule has 20 heavy (non-hydrogen) atoms. The first-order valence-electron chi connectivity index (χ1n) is 8.37. The Morgan fingerprint density at radius 2 is 2.20 bits per heavy atom. The molecular formula is C14H19N3O3. The fourth-order valence-electron chi connectivity index (χ4n) is 2.22. The Morgan fingerprint density at radius 1 is 1.45 bits per heavy atom. The first-order valence-corrected chi connectivity index (χ1v) is 6.37. The molecule has 108 valence electrons. The van der Waals surface area contributed by atoms with Gasteiger partial charge in [0.05, 0.1) is 6.76 Å². The summed E-state index contributed by atoms with van der Waals surface area (Å²) >= 11 is 0. The van der Waals surface area contributed by atoms with Crippen molar-refractivity contribution in [3.8, 4) is 0 Å². The number of unbranched alkanes of at least 4 members (excludes halogenated alkanes) is 1. The number of aromatic amines is 1. The Hall–Kier alpha value is -2.11. The average molecular weight is 281 g/mol. The van der Waals surface area contributed by atoms with Crippen LogP contribution in [0.2, 0.25) is 0 Å². The highest BCUT2D eigenvalue weighted by atomic mass is 16.2. The van der Waals surface area contributed by atoms with Gasteiger partial charge in [0, 0.05) is 30.3 Å². The number of ketones is 1. The second-order valence-corrected chi connectivity index (χ2v) is 4.78. The van der Waals surface area contributed by atoms with E-state index in [9.17, 15) is 14.4 Å². The number of hydrogen-bond donors (Lipinski definition) is 1. The Kier molecular flexibility index (Phi) is 2.67. The predicted octanol–water partition coefficient (Wildman–Crippen LogP) is 1.10. The molecule has 1 N–H and O–H groups in total. The van der Waals surface area contributed by atoms with Gasteiger partial charge in [0.2, 0.25) is 0 Å². The predicted molar refractivity (Wildman–Crippen MR) is 77.1 cm³/mol. The molecule has 0 bridgehead atoms. The molecule has 0 radical (unpaired) electrons. The first-order chi connectivity index (χ1) is 11.1. The Labute approximate surface area is 121 Å². The van der Waals surface area contributed by atoms with Crippen molar-refractivity contribution < 1.29 is 10.3 Å². The van der Waals surface area contributed by atoms with Crippen LogP contribution in [0.3, 0.4) is 0 Å². The third-order valence-electron chi connectivity index (χ3n) is 3.33. The van der Waals surface area contributed by atoms with Crippen LogP contribution in [-0.2, 0) is 18.4 Å². The number of carbonyl (C=O) groups is 1. The number of nitrogens with one attached hydrogen (secondary N) is 1. The molecule has 2 aromatic rings. The van der Waals surface area contributed by atoms with Crippen molar-refractivity contribution in [2.24, 2.45) is 7.05 Å². The maximum Gasteiger partial charge on any atom is 0.332 e. The summed E-state index contributed by atoms with van der Waals surface area (Å²) in [6.45, 7) is -0.890. The molecule has 0 aliphatic rings. The van der Waals surface area contributed by atoms with E-state index in [-0.39, 0.29) is 25.6 Å². The molecular weight excluding hydrogens is 258 g/mol. The molecule has 0 aliphatic carbocycles. The number of carbonyl (C=O) groups excluding carboxylic acids is 1. The number of Topliss-reactive ketones (excluding diaryl/α,β-unsaturated/α-hetero) is 1.